The van der Waals surface area contributed by atoms with E-state index in [2.05, 4.69) is 6.58 Å². The molecule has 0 spiro atoms. The van der Waals surface area contributed by atoms with Crippen LogP contribution in [0.25, 0.3) is 0 Å². The second-order valence-corrected chi connectivity index (χ2v) is 2.16. The normalized spacial score (nSPS) is 25.5. The van der Waals surface area contributed by atoms with Gasteiger partial charge >= 0.3 is 5.97 Å². The van der Waals surface area contributed by atoms with Crippen molar-refractivity contribution in [2.45, 2.75) is 12.8 Å². The quantitative estimate of drug-likeness (QED) is 0.542. The average Bonchev–Trinajstić information content (AvgIpc) is 2.17. The van der Waals surface area contributed by atoms with E-state index in [4.69, 9.17) is 5.11 Å². The largest absolute Gasteiger partial charge is 0.481 e. The predicted octanol–water partition coefficient (Wildman–Crippen LogP) is 1.04. The molecular formula is C6H8O2. The first kappa shape index (κ1) is 5.35. The van der Waals surface area contributed by atoms with Gasteiger partial charge in [0.05, 0.1) is 6.42 Å². The maximum atomic E-state index is 9.95. The summed E-state index contributed by atoms with van der Waals surface area (Å²) >= 11 is 0. The van der Waals surface area contributed by atoms with Crippen molar-refractivity contribution < 1.29 is 9.90 Å². The molecule has 0 aromatic rings. The van der Waals surface area contributed by atoms with Crippen LogP contribution in [0.2, 0.25) is 0 Å². The minimum Gasteiger partial charge on any atom is -0.481 e. The Morgan fingerprint density at radius 1 is 2.00 bits per heavy atom. The van der Waals surface area contributed by atoms with E-state index in [1.807, 2.05) is 0 Å². The third-order valence-corrected chi connectivity index (χ3v) is 1.35. The van der Waals surface area contributed by atoms with E-state index in [-0.39, 0.29) is 6.42 Å². The molecule has 0 bridgehead atoms. The second-order valence-electron chi connectivity index (χ2n) is 2.16. The van der Waals surface area contributed by atoms with Crippen molar-refractivity contribution in [2.24, 2.45) is 5.92 Å². The topological polar surface area (TPSA) is 37.3 Å². The molecule has 0 aliphatic heterocycles. The van der Waals surface area contributed by atoms with Crippen molar-refractivity contribution in [3.8, 4) is 0 Å². The summed E-state index contributed by atoms with van der Waals surface area (Å²) < 4.78 is 0. The first-order chi connectivity index (χ1) is 3.70. The lowest BCUT2D eigenvalue weighted by molar-refractivity contribution is -0.137. The van der Waals surface area contributed by atoms with Gasteiger partial charge in [-0.15, -0.1) is 0 Å². The number of hydrogen-bond donors (Lipinski definition) is 1. The van der Waals surface area contributed by atoms with Crippen LogP contribution in [0.4, 0.5) is 0 Å². The highest BCUT2D eigenvalue weighted by molar-refractivity contribution is 5.68. The van der Waals surface area contributed by atoms with Gasteiger partial charge in [-0.25, -0.2) is 0 Å². The molecule has 44 valence electrons. The number of carbonyl (C=O) groups is 1. The molecule has 1 fully saturated rings. The van der Waals surface area contributed by atoms with E-state index < -0.39 is 5.97 Å². The average molecular weight is 112 g/mol. The number of aliphatic carboxylic acids is 1. The molecule has 1 rings (SSSR count). The number of carboxylic acid groups (broad SMARTS) is 1. The minimum atomic E-state index is -0.714. The lowest BCUT2D eigenvalue weighted by Crippen LogP contribution is -1.94. The molecule has 2 nitrogen and oxygen atoms in total. The van der Waals surface area contributed by atoms with Crippen molar-refractivity contribution in [3.05, 3.63) is 12.2 Å². The maximum Gasteiger partial charge on any atom is 0.303 e. The second kappa shape index (κ2) is 1.62. The van der Waals surface area contributed by atoms with E-state index >= 15 is 0 Å². The highest BCUT2D eigenvalue weighted by Gasteiger charge is 2.29. The Morgan fingerprint density at radius 2 is 2.50 bits per heavy atom. The number of allylic oxidation sites excluding steroid dienone is 1. The van der Waals surface area contributed by atoms with Crippen LogP contribution in [0.15, 0.2) is 12.2 Å². The van der Waals surface area contributed by atoms with Gasteiger partial charge in [-0.2, -0.15) is 0 Å². The van der Waals surface area contributed by atoms with Crippen molar-refractivity contribution in [3.63, 3.8) is 0 Å². The van der Waals surface area contributed by atoms with Crippen LogP contribution in [0.3, 0.4) is 0 Å². The van der Waals surface area contributed by atoms with Crippen LogP contribution in [0.5, 0.6) is 0 Å². The molecule has 1 atom stereocenters. The molecule has 1 N–H and O–H groups in total. The Labute approximate surface area is 47.8 Å². The fourth-order valence-corrected chi connectivity index (χ4v) is 0.685. The molecule has 1 aliphatic rings. The molecule has 8 heavy (non-hydrogen) atoms. The molecule has 0 radical (unpaired) electrons. The summed E-state index contributed by atoms with van der Waals surface area (Å²) in [7, 11) is 0. The monoisotopic (exact) mass is 112 g/mol. The SMILES string of the molecule is C=C1CC1CC(=O)O. The highest BCUT2D eigenvalue weighted by atomic mass is 16.4. The van der Waals surface area contributed by atoms with Gasteiger partial charge in [0.1, 0.15) is 0 Å². The van der Waals surface area contributed by atoms with Gasteiger partial charge in [0.2, 0.25) is 0 Å². The third-order valence-electron chi connectivity index (χ3n) is 1.35. The summed E-state index contributed by atoms with van der Waals surface area (Å²) in [6.45, 7) is 3.64. The van der Waals surface area contributed by atoms with Crippen LogP contribution in [0, 0.1) is 5.92 Å². The van der Waals surface area contributed by atoms with Crippen LogP contribution in [-0.4, -0.2) is 11.1 Å². The minimum absolute atomic E-state index is 0.277. The molecule has 1 aliphatic carbocycles. The molecule has 0 amide bonds. The lowest BCUT2D eigenvalue weighted by atomic mass is 10.3. The van der Waals surface area contributed by atoms with Crippen LogP contribution >= 0.6 is 0 Å². The Kier molecular flexibility index (Phi) is 1.08. The van der Waals surface area contributed by atoms with E-state index in [1.165, 1.54) is 0 Å². The molecule has 0 aromatic carbocycles. The maximum absolute atomic E-state index is 9.95. The fraction of sp³-hybridized carbons (Fsp3) is 0.500. The van der Waals surface area contributed by atoms with Crippen molar-refractivity contribution in [2.75, 3.05) is 0 Å². The van der Waals surface area contributed by atoms with Gasteiger partial charge in [-0.05, 0) is 12.3 Å². The Morgan fingerprint density at radius 3 is 2.62 bits per heavy atom. The van der Waals surface area contributed by atoms with Gasteiger partial charge in [0.15, 0.2) is 0 Å². The highest BCUT2D eigenvalue weighted by Crippen LogP contribution is 2.38. The summed E-state index contributed by atoms with van der Waals surface area (Å²) in [5, 5.41) is 8.20. The molecule has 0 heterocycles. The molecular weight excluding hydrogens is 104 g/mol. The zero-order valence-electron chi connectivity index (χ0n) is 4.55. The summed E-state index contributed by atoms with van der Waals surface area (Å²) in [6, 6.07) is 0. The van der Waals surface area contributed by atoms with E-state index in [1.54, 1.807) is 0 Å². The van der Waals surface area contributed by atoms with Crippen molar-refractivity contribution in [1.29, 1.82) is 0 Å². The van der Waals surface area contributed by atoms with Gasteiger partial charge in [-0.3, -0.25) is 4.79 Å². The van der Waals surface area contributed by atoms with E-state index in [0.717, 1.165) is 12.0 Å². The smallest absolute Gasteiger partial charge is 0.303 e. The number of carboxylic acids is 1. The van der Waals surface area contributed by atoms with Crippen LogP contribution in [0.1, 0.15) is 12.8 Å². The van der Waals surface area contributed by atoms with Crippen molar-refractivity contribution in [1.82, 2.24) is 0 Å². The summed E-state index contributed by atoms with van der Waals surface area (Å²) in [5.74, 6) is -0.416. The third kappa shape index (κ3) is 1.09. The van der Waals surface area contributed by atoms with E-state index in [0.29, 0.717) is 5.92 Å². The standard InChI is InChI=1S/C6H8O2/c1-4-2-5(4)3-6(7)8/h5H,1-3H2,(H,7,8). The fourth-order valence-electron chi connectivity index (χ4n) is 0.685. The van der Waals surface area contributed by atoms with E-state index in [9.17, 15) is 4.79 Å². The molecule has 2 heteroatoms. The molecule has 0 saturated heterocycles. The Balaban J connectivity index is 2.23. The predicted molar refractivity (Wildman–Crippen MR) is 29.5 cm³/mol. The Bertz CT molecular complexity index is 137. The Hall–Kier alpha value is -0.790. The van der Waals surface area contributed by atoms with Gasteiger partial charge < -0.3 is 5.11 Å². The molecule has 1 saturated carbocycles. The zero-order chi connectivity index (χ0) is 6.15. The summed E-state index contributed by atoms with van der Waals surface area (Å²) in [6.07, 6.45) is 1.20. The molecule has 1 unspecified atom stereocenters. The first-order valence-corrected chi connectivity index (χ1v) is 2.59. The molecule has 0 aromatic heterocycles. The van der Waals surface area contributed by atoms with Crippen LogP contribution < -0.4 is 0 Å². The van der Waals surface area contributed by atoms with Gasteiger partial charge in [-0.1, -0.05) is 12.2 Å². The summed E-state index contributed by atoms with van der Waals surface area (Å²) in [4.78, 5) is 9.95. The first-order valence-electron chi connectivity index (χ1n) is 2.59. The summed E-state index contributed by atoms with van der Waals surface area (Å²) in [5.41, 5.74) is 1.09. The number of hydrogen-bond acceptors (Lipinski definition) is 1. The van der Waals surface area contributed by atoms with Gasteiger partial charge in [0, 0.05) is 0 Å². The number of rotatable bonds is 2. The zero-order valence-corrected chi connectivity index (χ0v) is 4.55. The lowest BCUT2D eigenvalue weighted by Gasteiger charge is -1.83. The van der Waals surface area contributed by atoms with Crippen molar-refractivity contribution >= 4 is 5.97 Å². The van der Waals surface area contributed by atoms with Crippen LogP contribution in [-0.2, 0) is 4.79 Å². The van der Waals surface area contributed by atoms with Gasteiger partial charge in [0.25, 0.3) is 0 Å².